The van der Waals surface area contributed by atoms with Gasteiger partial charge in [0.2, 0.25) is 0 Å². The number of rotatable bonds is 1. The lowest BCUT2D eigenvalue weighted by Gasteiger charge is -2.00. The topological polar surface area (TPSA) is 0 Å². The fourth-order valence-corrected chi connectivity index (χ4v) is 0.381. The molecule has 10 heavy (non-hydrogen) atoms. The van der Waals surface area contributed by atoms with Crippen molar-refractivity contribution in [1.82, 2.24) is 0 Å². The zero-order valence-electron chi connectivity index (χ0n) is 5.46. The highest BCUT2D eigenvalue weighted by molar-refractivity contribution is 4.99. The van der Waals surface area contributed by atoms with E-state index in [9.17, 15) is 13.2 Å². The van der Waals surface area contributed by atoms with Gasteiger partial charge in [0, 0.05) is 12.8 Å². The van der Waals surface area contributed by atoms with Gasteiger partial charge in [0.25, 0.3) is 0 Å². The third-order valence-corrected chi connectivity index (χ3v) is 0.783. The molecule has 0 amide bonds. The lowest BCUT2D eigenvalue weighted by Crippen LogP contribution is -2.05. The molecule has 0 aliphatic rings. The lowest BCUT2D eigenvalue weighted by atomic mass is 10.3. The van der Waals surface area contributed by atoms with Crippen LogP contribution in [0.15, 0.2) is 0 Å². The van der Waals surface area contributed by atoms with Crippen molar-refractivity contribution in [3.8, 4) is 11.8 Å². The van der Waals surface area contributed by atoms with Crippen LogP contribution in [0.5, 0.6) is 0 Å². The van der Waals surface area contributed by atoms with E-state index in [-0.39, 0.29) is 6.42 Å². The number of halogens is 3. The molecule has 57 valence electrons. The molecule has 0 saturated carbocycles. The van der Waals surface area contributed by atoms with Crippen molar-refractivity contribution >= 4 is 0 Å². The average molecular weight is 149 g/mol. The second-order valence-electron chi connectivity index (χ2n) is 1.72. The first-order valence-electron chi connectivity index (χ1n) is 2.88. The molecule has 0 aromatic rings. The summed E-state index contributed by atoms with van der Waals surface area (Å²) in [6, 6.07) is 0. The van der Waals surface area contributed by atoms with Crippen LogP contribution in [0.4, 0.5) is 13.2 Å². The van der Waals surface area contributed by atoms with Crippen molar-refractivity contribution in [2.75, 3.05) is 0 Å². The summed E-state index contributed by atoms with van der Waals surface area (Å²) in [5, 5.41) is 0. The Morgan fingerprint density at radius 1 is 1.20 bits per heavy atom. The summed E-state index contributed by atoms with van der Waals surface area (Å²) in [5.41, 5.74) is 0. The fourth-order valence-electron chi connectivity index (χ4n) is 0.381. The maximum Gasteiger partial charge on any atom is 0.390 e. The van der Waals surface area contributed by atoms with E-state index in [2.05, 4.69) is 18.8 Å². The predicted molar refractivity (Wildman–Crippen MR) is 33.0 cm³/mol. The van der Waals surface area contributed by atoms with Gasteiger partial charge in [-0.05, 0) is 6.92 Å². The largest absolute Gasteiger partial charge is 0.390 e. The van der Waals surface area contributed by atoms with Gasteiger partial charge in [0.15, 0.2) is 0 Å². The number of hydrogen-bond donors (Lipinski definition) is 0. The van der Waals surface area contributed by atoms with Crippen molar-refractivity contribution in [1.29, 1.82) is 0 Å². The van der Waals surface area contributed by atoms with Crippen LogP contribution in [0, 0.1) is 18.8 Å². The maximum absolute atomic E-state index is 11.4. The van der Waals surface area contributed by atoms with Crippen LogP contribution in [0.25, 0.3) is 0 Å². The quantitative estimate of drug-likeness (QED) is 0.502. The molecule has 0 saturated heterocycles. The smallest absolute Gasteiger partial charge is 0.171 e. The molecule has 0 atom stereocenters. The first kappa shape index (κ1) is 9.35. The van der Waals surface area contributed by atoms with E-state index in [1.807, 2.05) is 0 Å². The average Bonchev–Trinajstić information content (AvgIpc) is 1.78. The lowest BCUT2D eigenvalue weighted by molar-refractivity contribution is -0.133. The van der Waals surface area contributed by atoms with E-state index in [1.54, 1.807) is 0 Å². The Morgan fingerprint density at radius 2 is 1.80 bits per heavy atom. The van der Waals surface area contributed by atoms with E-state index in [0.29, 0.717) is 6.42 Å². The Hall–Kier alpha value is -0.650. The molecule has 0 bridgehead atoms. The van der Waals surface area contributed by atoms with Gasteiger partial charge in [0.1, 0.15) is 0 Å². The Labute approximate surface area is 58.4 Å². The van der Waals surface area contributed by atoms with Gasteiger partial charge in [-0.1, -0.05) is 0 Å². The van der Waals surface area contributed by atoms with E-state index in [1.165, 1.54) is 0 Å². The minimum atomic E-state index is -4.07. The second kappa shape index (κ2) is 4.21. The van der Waals surface area contributed by atoms with E-state index < -0.39 is 12.6 Å². The molecule has 0 rings (SSSR count). The molecule has 0 aliphatic carbocycles. The predicted octanol–water partition coefficient (Wildman–Crippen LogP) is 2.56. The molecule has 0 aromatic heterocycles. The normalized spacial score (nSPS) is 10.4. The molecule has 0 N–H and O–H groups in total. The molecule has 0 spiro atoms. The Bertz CT molecular complexity index is 135. The van der Waals surface area contributed by atoms with E-state index in [0.717, 1.165) is 0 Å². The first-order chi connectivity index (χ1) is 4.56. The van der Waals surface area contributed by atoms with Gasteiger partial charge in [-0.2, -0.15) is 13.2 Å². The highest BCUT2D eigenvalue weighted by Gasteiger charge is 2.25. The Morgan fingerprint density at radius 3 is 2.20 bits per heavy atom. The van der Waals surface area contributed by atoms with Crippen molar-refractivity contribution in [2.24, 2.45) is 0 Å². The van der Waals surface area contributed by atoms with Crippen LogP contribution in [0.1, 0.15) is 19.3 Å². The molecule has 0 fully saturated rings. The molecule has 1 radical (unpaired) electrons. The summed E-state index contributed by atoms with van der Waals surface area (Å²) >= 11 is 0. The summed E-state index contributed by atoms with van der Waals surface area (Å²) in [6.07, 6.45) is -4.63. The summed E-state index contributed by atoms with van der Waals surface area (Å²) in [7, 11) is 0. The SMILES string of the molecule is [CH2]CC#CCCC(F)(F)F. The van der Waals surface area contributed by atoms with Crippen LogP contribution in [-0.4, -0.2) is 6.18 Å². The fraction of sp³-hybridized carbons (Fsp3) is 0.571. The van der Waals surface area contributed by atoms with Crippen molar-refractivity contribution in [2.45, 2.75) is 25.4 Å². The van der Waals surface area contributed by atoms with Gasteiger partial charge in [-0.3, -0.25) is 0 Å². The third kappa shape index (κ3) is 7.35. The monoisotopic (exact) mass is 149 g/mol. The van der Waals surface area contributed by atoms with Gasteiger partial charge in [-0.15, -0.1) is 11.8 Å². The number of alkyl halides is 3. The highest BCUT2D eigenvalue weighted by atomic mass is 19.4. The molecule has 0 heterocycles. The third-order valence-electron chi connectivity index (χ3n) is 0.783. The van der Waals surface area contributed by atoms with Gasteiger partial charge < -0.3 is 0 Å². The minimum Gasteiger partial charge on any atom is -0.171 e. The summed E-state index contributed by atoms with van der Waals surface area (Å²) in [4.78, 5) is 0. The van der Waals surface area contributed by atoms with Gasteiger partial charge >= 0.3 is 6.18 Å². The van der Waals surface area contributed by atoms with Crippen molar-refractivity contribution in [3.05, 3.63) is 6.92 Å². The van der Waals surface area contributed by atoms with Crippen LogP contribution >= 0.6 is 0 Å². The van der Waals surface area contributed by atoms with Gasteiger partial charge in [-0.25, -0.2) is 0 Å². The van der Waals surface area contributed by atoms with Crippen molar-refractivity contribution in [3.63, 3.8) is 0 Å². The zero-order valence-corrected chi connectivity index (χ0v) is 5.46. The standard InChI is InChI=1S/C7H8F3/c1-2-3-4-5-6-7(8,9)10/h1-2,5-6H2. The molecule has 0 aromatic carbocycles. The van der Waals surface area contributed by atoms with E-state index in [4.69, 9.17) is 0 Å². The van der Waals surface area contributed by atoms with Gasteiger partial charge in [0.05, 0.1) is 6.42 Å². The maximum atomic E-state index is 11.4. The minimum absolute atomic E-state index is 0.112. The van der Waals surface area contributed by atoms with E-state index >= 15 is 0 Å². The molecule has 0 aliphatic heterocycles. The van der Waals surface area contributed by atoms with Crippen LogP contribution in [0.3, 0.4) is 0 Å². The number of hydrogen-bond acceptors (Lipinski definition) is 0. The Balaban J connectivity index is 3.37. The van der Waals surface area contributed by atoms with Crippen LogP contribution < -0.4 is 0 Å². The molecular formula is C7H8F3. The summed E-state index contributed by atoms with van der Waals surface area (Å²) in [5.74, 6) is 4.82. The first-order valence-corrected chi connectivity index (χ1v) is 2.88. The molecule has 0 unspecified atom stereocenters. The highest BCUT2D eigenvalue weighted by Crippen LogP contribution is 2.20. The van der Waals surface area contributed by atoms with Crippen molar-refractivity contribution < 1.29 is 13.2 Å². The van der Waals surface area contributed by atoms with Crippen LogP contribution in [-0.2, 0) is 0 Å². The molecular weight excluding hydrogens is 141 g/mol. The molecule has 3 heteroatoms. The molecule has 0 nitrogen and oxygen atoms in total. The zero-order chi connectivity index (χ0) is 8.04. The van der Waals surface area contributed by atoms with Crippen LogP contribution in [0.2, 0.25) is 0 Å². The Kier molecular flexibility index (Phi) is 3.94. The summed E-state index contributed by atoms with van der Waals surface area (Å²) < 4.78 is 34.2. The summed E-state index contributed by atoms with van der Waals surface area (Å²) in [6.45, 7) is 3.36. The second-order valence-corrected chi connectivity index (χ2v) is 1.72.